The highest BCUT2D eigenvalue weighted by molar-refractivity contribution is 7.85. The Bertz CT molecular complexity index is 499. The molecular weight excluding hydrogens is 267 g/mol. The number of aliphatic hydroxyl groups is 1. The first kappa shape index (κ1) is 14.8. The summed E-state index contributed by atoms with van der Waals surface area (Å²) >= 11 is 0. The lowest BCUT2D eigenvalue weighted by Crippen LogP contribution is -2.05. The molecule has 0 amide bonds. The van der Waals surface area contributed by atoms with Gasteiger partial charge in [0.1, 0.15) is 5.75 Å². The number of hydrogen-bond acceptors (Lipinski definition) is 5. The van der Waals surface area contributed by atoms with Gasteiger partial charge in [0, 0.05) is 12.0 Å². The molecule has 0 aliphatic rings. The second-order valence-electron chi connectivity index (χ2n) is 3.54. The molecule has 0 aliphatic heterocycles. The smallest absolute Gasteiger partial charge is 0.294 e. The Balaban J connectivity index is 2.70. The van der Waals surface area contributed by atoms with Gasteiger partial charge in [-0.15, -0.1) is 0 Å². The van der Waals surface area contributed by atoms with Crippen LogP contribution in [-0.4, -0.2) is 36.1 Å². The first-order valence-electron chi connectivity index (χ1n) is 5.00. The number of hydrogen-bond donors (Lipinski definition) is 3. The molecule has 0 radical (unpaired) electrons. The fourth-order valence-corrected chi connectivity index (χ4v) is 1.73. The van der Waals surface area contributed by atoms with Gasteiger partial charge < -0.3 is 14.9 Å². The van der Waals surface area contributed by atoms with E-state index in [4.69, 9.17) is 14.4 Å². The molecule has 0 fully saturated rings. The van der Waals surface area contributed by atoms with Crippen molar-refractivity contribution in [1.29, 1.82) is 0 Å². The van der Waals surface area contributed by atoms with E-state index in [1.807, 2.05) is 0 Å². The molecule has 0 spiro atoms. The summed E-state index contributed by atoms with van der Waals surface area (Å²) < 4.78 is 47.5. The molecule has 18 heavy (non-hydrogen) atoms. The summed E-state index contributed by atoms with van der Waals surface area (Å²) in [5.74, 6) is -0.205. The summed E-state index contributed by atoms with van der Waals surface area (Å²) in [7, 11) is -4.35. The Hall–Kier alpha value is -1.22. The number of ether oxygens (including phenoxy) is 1. The molecule has 1 aromatic rings. The zero-order valence-electron chi connectivity index (χ0n) is 9.28. The summed E-state index contributed by atoms with van der Waals surface area (Å²) in [6.07, 6.45) is -2.21. The minimum atomic E-state index is -4.35. The molecule has 0 saturated heterocycles. The Kier molecular flexibility index (Phi) is 5.03. The van der Waals surface area contributed by atoms with E-state index in [2.05, 4.69) is 0 Å². The number of benzene rings is 1. The minimum absolute atomic E-state index is 0.0901. The first-order valence-corrected chi connectivity index (χ1v) is 6.44. The highest BCUT2D eigenvalue weighted by Gasteiger charge is 2.12. The van der Waals surface area contributed by atoms with E-state index in [0.717, 1.165) is 18.2 Å². The molecule has 1 rings (SSSR count). The maximum absolute atomic E-state index is 12.0. The van der Waals surface area contributed by atoms with Crippen LogP contribution in [0, 0.1) is 0 Å². The molecule has 0 heterocycles. The van der Waals surface area contributed by atoms with E-state index >= 15 is 0 Å². The van der Waals surface area contributed by atoms with Crippen molar-refractivity contribution in [3.8, 4) is 5.75 Å². The SMILES string of the molecule is O=S(=O)(O)c1ccc(O)c(COCCC(O)F)c1. The first-order chi connectivity index (χ1) is 8.30. The fourth-order valence-electron chi connectivity index (χ4n) is 1.20. The van der Waals surface area contributed by atoms with E-state index in [1.165, 1.54) is 0 Å². The number of aliphatic hydroxyl groups excluding tert-OH is 1. The van der Waals surface area contributed by atoms with Gasteiger partial charge in [-0.25, -0.2) is 4.39 Å². The van der Waals surface area contributed by atoms with Crippen molar-refractivity contribution in [3.63, 3.8) is 0 Å². The van der Waals surface area contributed by atoms with Crippen LogP contribution in [0.1, 0.15) is 12.0 Å². The Morgan fingerprint density at radius 1 is 1.39 bits per heavy atom. The van der Waals surface area contributed by atoms with Crippen molar-refractivity contribution in [2.24, 2.45) is 0 Å². The topological polar surface area (TPSA) is 104 Å². The van der Waals surface area contributed by atoms with Crippen LogP contribution in [0.2, 0.25) is 0 Å². The molecule has 1 atom stereocenters. The molecule has 0 aliphatic carbocycles. The minimum Gasteiger partial charge on any atom is -0.508 e. The van der Waals surface area contributed by atoms with Crippen molar-refractivity contribution in [3.05, 3.63) is 23.8 Å². The van der Waals surface area contributed by atoms with Crippen molar-refractivity contribution in [2.75, 3.05) is 6.61 Å². The number of phenols is 1. The van der Waals surface area contributed by atoms with Crippen molar-refractivity contribution in [2.45, 2.75) is 24.3 Å². The average Bonchev–Trinajstić information content (AvgIpc) is 2.24. The maximum Gasteiger partial charge on any atom is 0.294 e. The number of halogens is 1. The van der Waals surface area contributed by atoms with Gasteiger partial charge in [0.15, 0.2) is 6.36 Å². The van der Waals surface area contributed by atoms with Gasteiger partial charge in [0.25, 0.3) is 10.1 Å². The highest BCUT2D eigenvalue weighted by Crippen LogP contribution is 2.22. The lowest BCUT2D eigenvalue weighted by molar-refractivity contribution is 0.00135. The molecule has 0 saturated carbocycles. The number of alkyl halides is 1. The third-order valence-corrected chi connectivity index (χ3v) is 2.96. The molecule has 1 aromatic carbocycles. The normalized spacial score (nSPS) is 13.5. The molecule has 102 valence electrons. The molecule has 6 nitrogen and oxygen atoms in total. The molecule has 0 aromatic heterocycles. The van der Waals surface area contributed by atoms with Crippen molar-refractivity contribution < 1.29 is 32.3 Å². The summed E-state index contributed by atoms with van der Waals surface area (Å²) in [5, 5.41) is 17.8. The van der Waals surface area contributed by atoms with Crippen LogP contribution in [0.5, 0.6) is 5.75 Å². The van der Waals surface area contributed by atoms with E-state index < -0.39 is 16.5 Å². The monoisotopic (exact) mass is 280 g/mol. The molecule has 0 bridgehead atoms. The van der Waals surface area contributed by atoms with Gasteiger partial charge in [-0.2, -0.15) is 8.42 Å². The summed E-state index contributed by atoms with van der Waals surface area (Å²) in [6.45, 7) is -0.255. The number of rotatable bonds is 6. The van der Waals surface area contributed by atoms with E-state index in [0.29, 0.717) is 0 Å². The van der Waals surface area contributed by atoms with Gasteiger partial charge in [-0.05, 0) is 18.2 Å². The summed E-state index contributed by atoms with van der Waals surface area (Å²) in [4.78, 5) is -0.371. The Morgan fingerprint density at radius 3 is 2.61 bits per heavy atom. The molecular formula is C10H13FO6S. The zero-order valence-corrected chi connectivity index (χ0v) is 10.1. The van der Waals surface area contributed by atoms with Crippen LogP contribution in [0.4, 0.5) is 4.39 Å². The maximum atomic E-state index is 12.0. The largest absolute Gasteiger partial charge is 0.508 e. The highest BCUT2D eigenvalue weighted by atomic mass is 32.2. The van der Waals surface area contributed by atoms with Crippen LogP contribution in [-0.2, 0) is 21.5 Å². The number of phenolic OH excluding ortho intramolecular Hbond substituents is 1. The second kappa shape index (κ2) is 6.10. The van der Waals surface area contributed by atoms with Gasteiger partial charge in [-0.1, -0.05) is 0 Å². The lowest BCUT2D eigenvalue weighted by Gasteiger charge is -2.08. The Morgan fingerprint density at radius 2 is 2.06 bits per heavy atom. The van der Waals surface area contributed by atoms with Gasteiger partial charge >= 0.3 is 0 Å². The van der Waals surface area contributed by atoms with Crippen LogP contribution in [0.25, 0.3) is 0 Å². The summed E-state index contributed by atoms with van der Waals surface area (Å²) in [6, 6.07) is 3.20. The quantitative estimate of drug-likeness (QED) is 0.527. The molecule has 8 heteroatoms. The van der Waals surface area contributed by atoms with Crippen molar-refractivity contribution >= 4 is 10.1 Å². The standard InChI is InChI=1S/C10H13FO6S/c11-10(13)3-4-17-6-7-5-8(18(14,15)16)1-2-9(7)12/h1-2,5,10,12-13H,3-4,6H2,(H,14,15,16). The van der Waals surface area contributed by atoms with Crippen molar-refractivity contribution in [1.82, 2.24) is 0 Å². The van der Waals surface area contributed by atoms with E-state index in [1.54, 1.807) is 0 Å². The lowest BCUT2D eigenvalue weighted by atomic mass is 10.2. The van der Waals surface area contributed by atoms with Crippen LogP contribution in [0.3, 0.4) is 0 Å². The molecule has 3 N–H and O–H groups in total. The average molecular weight is 280 g/mol. The van der Waals surface area contributed by atoms with Gasteiger partial charge in [0.2, 0.25) is 0 Å². The predicted molar refractivity (Wildman–Crippen MR) is 59.3 cm³/mol. The zero-order chi connectivity index (χ0) is 13.8. The second-order valence-corrected chi connectivity index (χ2v) is 4.96. The van der Waals surface area contributed by atoms with Gasteiger partial charge in [0.05, 0.1) is 18.1 Å². The van der Waals surface area contributed by atoms with Gasteiger partial charge in [-0.3, -0.25) is 4.55 Å². The third kappa shape index (κ3) is 4.57. The van der Waals surface area contributed by atoms with E-state index in [9.17, 15) is 17.9 Å². The van der Waals surface area contributed by atoms with Crippen LogP contribution in [0.15, 0.2) is 23.1 Å². The van der Waals surface area contributed by atoms with Crippen LogP contribution >= 0.6 is 0 Å². The third-order valence-electron chi connectivity index (χ3n) is 2.11. The van der Waals surface area contributed by atoms with Crippen LogP contribution < -0.4 is 0 Å². The fraction of sp³-hybridized carbons (Fsp3) is 0.400. The summed E-state index contributed by atoms with van der Waals surface area (Å²) in [5.41, 5.74) is 0.137. The Labute approximate surface area is 103 Å². The van der Waals surface area contributed by atoms with E-state index in [-0.39, 0.29) is 35.8 Å². The predicted octanol–water partition coefficient (Wildman–Crippen LogP) is 0.834. The number of aromatic hydroxyl groups is 1. The molecule has 1 unspecified atom stereocenters.